The predicted molar refractivity (Wildman–Crippen MR) is 80.6 cm³/mol. The van der Waals surface area contributed by atoms with Gasteiger partial charge in [0.1, 0.15) is 0 Å². The van der Waals surface area contributed by atoms with E-state index in [0.29, 0.717) is 0 Å². The smallest absolute Gasteiger partial charge is 0.294 e. The van der Waals surface area contributed by atoms with Crippen molar-refractivity contribution >= 4 is 10.1 Å². The molecule has 1 aromatic carbocycles. The number of hydrogen-bond acceptors (Lipinski definition) is 5. The Kier molecular flexibility index (Phi) is 9.58. The fourth-order valence-corrected chi connectivity index (χ4v) is 1.84. The van der Waals surface area contributed by atoms with Crippen molar-refractivity contribution in [1.29, 1.82) is 5.26 Å². The molecule has 0 amide bonds. The Bertz CT molecular complexity index is 529. The fourth-order valence-electron chi connectivity index (χ4n) is 1.36. The number of benzene rings is 1. The average Bonchev–Trinajstić information content (AvgIpc) is 2.40. The summed E-state index contributed by atoms with van der Waals surface area (Å²) in [4.78, 5) is 2.20. The number of hydrogen-bond donors (Lipinski definition) is 1. The summed E-state index contributed by atoms with van der Waals surface area (Å²) in [7, 11) is -1.91. The Morgan fingerprint density at radius 2 is 1.67 bits per heavy atom. The Labute approximate surface area is 126 Å². The largest absolute Gasteiger partial charge is 0.379 e. The van der Waals surface area contributed by atoms with Gasteiger partial charge < -0.3 is 9.64 Å². The number of likely N-dealkylation sites (N-methyl/N-ethyl adjacent to an activating group) is 1. The second-order valence-corrected chi connectivity index (χ2v) is 5.85. The molecule has 0 unspecified atom stereocenters. The summed E-state index contributed by atoms with van der Waals surface area (Å²) in [6.45, 7) is 7.29. The maximum atomic E-state index is 10.5. The Balaban J connectivity index is 0.000000342. The van der Waals surface area contributed by atoms with Crippen LogP contribution < -0.4 is 0 Å². The molecule has 1 fully saturated rings. The van der Waals surface area contributed by atoms with Crippen LogP contribution in [0.4, 0.5) is 0 Å². The first-order chi connectivity index (χ1) is 9.81. The summed E-state index contributed by atoms with van der Waals surface area (Å²) < 4.78 is 34.6. The van der Waals surface area contributed by atoms with Crippen molar-refractivity contribution in [3.8, 4) is 6.07 Å². The quantitative estimate of drug-likeness (QED) is 0.794. The molecule has 0 spiro atoms. The third-order valence-corrected chi connectivity index (χ3v) is 3.42. The highest BCUT2D eigenvalue weighted by molar-refractivity contribution is 7.85. The first-order valence-electron chi connectivity index (χ1n) is 6.42. The first kappa shape index (κ1) is 19.5. The highest BCUT2D eigenvalue weighted by atomic mass is 32.2. The van der Waals surface area contributed by atoms with Crippen LogP contribution in [0.1, 0.15) is 12.5 Å². The molecule has 6 nitrogen and oxygen atoms in total. The van der Waals surface area contributed by atoms with E-state index >= 15 is 0 Å². The molecule has 0 radical (unpaired) electrons. The molecule has 1 heterocycles. The van der Waals surface area contributed by atoms with E-state index in [4.69, 9.17) is 14.6 Å². The summed E-state index contributed by atoms with van der Waals surface area (Å²) in [5, 5.41) is 7.32. The van der Waals surface area contributed by atoms with E-state index in [-0.39, 0.29) is 4.90 Å². The minimum atomic E-state index is -4.02. The summed E-state index contributed by atoms with van der Waals surface area (Å²) in [6, 6.07) is 7.74. The summed E-state index contributed by atoms with van der Waals surface area (Å²) in [5.41, 5.74) is 0.956. The molecule has 7 heteroatoms. The SMILES string of the molecule is CC#N.CN1CCOCC1.Cc1ccc(S(=O)(=O)O)cc1. The number of morpholine rings is 1. The normalized spacial score (nSPS) is 14.8. The van der Waals surface area contributed by atoms with Crippen LogP contribution in [0.2, 0.25) is 0 Å². The lowest BCUT2D eigenvalue weighted by Gasteiger charge is -2.21. The highest BCUT2D eigenvalue weighted by Crippen LogP contribution is 2.08. The minimum absolute atomic E-state index is 0.0666. The fraction of sp³-hybridized carbons (Fsp3) is 0.500. The van der Waals surface area contributed by atoms with Crippen molar-refractivity contribution in [1.82, 2.24) is 4.90 Å². The number of ether oxygens (including phenoxy) is 1. The molecule has 21 heavy (non-hydrogen) atoms. The van der Waals surface area contributed by atoms with Gasteiger partial charge in [0.15, 0.2) is 0 Å². The molecule has 1 saturated heterocycles. The molecular weight excluding hydrogens is 292 g/mol. The van der Waals surface area contributed by atoms with E-state index in [0.717, 1.165) is 31.9 Å². The van der Waals surface area contributed by atoms with Crippen molar-refractivity contribution in [3.05, 3.63) is 29.8 Å². The van der Waals surface area contributed by atoms with E-state index in [1.165, 1.54) is 19.1 Å². The highest BCUT2D eigenvalue weighted by Gasteiger charge is 2.06. The molecule has 2 rings (SSSR count). The van der Waals surface area contributed by atoms with Gasteiger partial charge in [0, 0.05) is 20.0 Å². The van der Waals surface area contributed by atoms with E-state index in [1.807, 2.05) is 6.92 Å². The van der Waals surface area contributed by atoms with Gasteiger partial charge in [0.2, 0.25) is 0 Å². The van der Waals surface area contributed by atoms with Gasteiger partial charge >= 0.3 is 0 Å². The van der Waals surface area contributed by atoms with Crippen molar-refractivity contribution in [2.75, 3.05) is 33.4 Å². The maximum Gasteiger partial charge on any atom is 0.294 e. The first-order valence-corrected chi connectivity index (χ1v) is 7.86. The van der Waals surface area contributed by atoms with Gasteiger partial charge in [-0.15, -0.1) is 0 Å². The van der Waals surface area contributed by atoms with Gasteiger partial charge in [-0.1, -0.05) is 17.7 Å². The Morgan fingerprint density at radius 1 is 1.24 bits per heavy atom. The lowest BCUT2D eigenvalue weighted by Crippen LogP contribution is -2.32. The van der Waals surface area contributed by atoms with Crippen LogP contribution in [0, 0.1) is 18.3 Å². The number of nitriles is 1. The molecule has 1 aliphatic heterocycles. The van der Waals surface area contributed by atoms with Gasteiger partial charge in [-0.05, 0) is 26.1 Å². The van der Waals surface area contributed by atoms with Crippen LogP contribution in [-0.4, -0.2) is 51.2 Å². The molecule has 1 aliphatic rings. The van der Waals surface area contributed by atoms with Crippen LogP contribution in [0.25, 0.3) is 0 Å². The van der Waals surface area contributed by atoms with Crippen molar-refractivity contribution < 1.29 is 17.7 Å². The van der Waals surface area contributed by atoms with E-state index < -0.39 is 10.1 Å². The van der Waals surface area contributed by atoms with E-state index in [2.05, 4.69) is 11.9 Å². The lowest BCUT2D eigenvalue weighted by molar-refractivity contribution is 0.0503. The number of rotatable bonds is 1. The standard InChI is InChI=1S/C7H8O3S.C5H11NO.C2H3N/c1-6-2-4-7(5-3-6)11(8,9)10;1-6-2-4-7-5-3-6;1-2-3/h2-5H,1H3,(H,8,9,10);2-5H2,1H3;1H3. The zero-order valence-corrected chi connectivity index (χ0v) is 13.4. The van der Waals surface area contributed by atoms with Gasteiger partial charge in [0.25, 0.3) is 10.1 Å². The monoisotopic (exact) mass is 314 g/mol. The molecule has 0 atom stereocenters. The molecule has 0 aliphatic carbocycles. The van der Waals surface area contributed by atoms with Gasteiger partial charge in [0.05, 0.1) is 24.2 Å². The van der Waals surface area contributed by atoms with Crippen molar-refractivity contribution in [3.63, 3.8) is 0 Å². The zero-order valence-electron chi connectivity index (χ0n) is 12.6. The average molecular weight is 314 g/mol. The second-order valence-electron chi connectivity index (χ2n) is 4.43. The van der Waals surface area contributed by atoms with Gasteiger partial charge in [-0.25, -0.2) is 0 Å². The number of aryl methyl sites for hydroxylation is 1. The third-order valence-electron chi connectivity index (χ3n) is 2.55. The maximum absolute atomic E-state index is 10.5. The summed E-state index contributed by atoms with van der Waals surface area (Å²) in [6.07, 6.45) is 0. The molecular formula is C14H22N2O4S. The molecule has 1 N–H and O–H groups in total. The second kappa shape index (κ2) is 10.3. The van der Waals surface area contributed by atoms with Crippen LogP contribution in [0.3, 0.4) is 0 Å². The molecule has 0 bridgehead atoms. The zero-order chi connectivity index (χ0) is 16.3. The molecule has 118 valence electrons. The topological polar surface area (TPSA) is 90.6 Å². The Hall–Kier alpha value is -1.46. The van der Waals surface area contributed by atoms with E-state index in [9.17, 15) is 8.42 Å². The predicted octanol–water partition coefficient (Wildman–Crippen LogP) is 1.72. The Morgan fingerprint density at radius 3 is 1.95 bits per heavy atom. The van der Waals surface area contributed by atoms with Crippen LogP contribution in [0.5, 0.6) is 0 Å². The molecule has 1 aromatic rings. The molecule has 0 aromatic heterocycles. The van der Waals surface area contributed by atoms with Crippen molar-refractivity contribution in [2.24, 2.45) is 0 Å². The van der Waals surface area contributed by atoms with Crippen LogP contribution in [-0.2, 0) is 14.9 Å². The van der Waals surface area contributed by atoms with Crippen molar-refractivity contribution in [2.45, 2.75) is 18.7 Å². The van der Waals surface area contributed by atoms with Gasteiger partial charge in [-0.3, -0.25) is 4.55 Å². The summed E-state index contributed by atoms with van der Waals surface area (Å²) >= 11 is 0. The number of nitrogens with zero attached hydrogens (tertiary/aromatic N) is 2. The van der Waals surface area contributed by atoms with Gasteiger partial charge in [-0.2, -0.15) is 13.7 Å². The molecule has 0 saturated carbocycles. The lowest BCUT2D eigenvalue weighted by atomic mass is 10.2. The van der Waals surface area contributed by atoms with Crippen LogP contribution in [0.15, 0.2) is 29.2 Å². The van der Waals surface area contributed by atoms with E-state index in [1.54, 1.807) is 18.2 Å². The summed E-state index contributed by atoms with van der Waals surface area (Å²) in [5.74, 6) is 0. The minimum Gasteiger partial charge on any atom is -0.379 e. The van der Waals surface area contributed by atoms with Crippen LogP contribution >= 0.6 is 0 Å². The third kappa shape index (κ3) is 9.98.